The van der Waals surface area contributed by atoms with Crippen LogP contribution in [0.1, 0.15) is 104 Å². The Kier molecular flexibility index (Phi) is 34.1. The van der Waals surface area contributed by atoms with E-state index < -0.39 is 186 Å². The van der Waals surface area contributed by atoms with E-state index in [9.17, 15) is 67.7 Å². The first-order valence-electron chi connectivity index (χ1n) is 36.1. The van der Waals surface area contributed by atoms with Crippen LogP contribution in [-0.2, 0) is 81.6 Å². The number of fused-ring (bicyclic) bond motifs is 2. The van der Waals surface area contributed by atoms with Crippen molar-refractivity contribution in [2.24, 2.45) is 45.7 Å². The third-order valence-corrected chi connectivity index (χ3v) is 19.4. The predicted molar refractivity (Wildman–Crippen MR) is 406 cm³/mol. The highest BCUT2D eigenvalue weighted by atomic mass is 32.2. The molecule has 1 saturated heterocycles. The topological polar surface area (TPSA) is 555 Å². The summed E-state index contributed by atoms with van der Waals surface area (Å²) in [5.41, 5.74) is 25.9. The summed E-state index contributed by atoms with van der Waals surface area (Å²) in [6.45, 7) is 9.30. The number of H-pyrrole nitrogens is 2. The van der Waals surface area contributed by atoms with E-state index in [-0.39, 0.29) is 76.2 Å². The molecule has 2 aromatic heterocycles. The van der Waals surface area contributed by atoms with Crippen molar-refractivity contribution >= 4 is 116 Å². The van der Waals surface area contributed by atoms with E-state index in [0.29, 0.717) is 44.9 Å². The van der Waals surface area contributed by atoms with Crippen molar-refractivity contribution in [2.45, 2.75) is 179 Å². The Balaban J connectivity index is 1.40. The minimum absolute atomic E-state index is 0.0312. The van der Waals surface area contributed by atoms with E-state index in [2.05, 4.69) is 78.8 Å². The lowest BCUT2D eigenvalue weighted by molar-refractivity contribution is -0.137. The first-order valence-corrected chi connectivity index (χ1v) is 37.2. The Hall–Kier alpha value is -10.6. The number of amides is 13. The van der Waals surface area contributed by atoms with Crippen molar-refractivity contribution in [1.29, 1.82) is 0 Å². The second kappa shape index (κ2) is 42.6. The maximum atomic E-state index is 15.0. The smallest absolute Gasteiger partial charge is 0.245 e. The lowest BCUT2D eigenvalue weighted by atomic mass is 9.96. The van der Waals surface area contributed by atoms with E-state index in [1.54, 1.807) is 127 Å². The minimum atomic E-state index is -1.85. The highest BCUT2D eigenvalue weighted by molar-refractivity contribution is 8.00. The third kappa shape index (κ3) is 26.1. The third-order valence-electron chi connectivity index (χ3n) is 18.3. The van der Waals surface area contributed by atoms with Crippen molar-refractivity contribution in [3.8, 4) is 0 Å². The van der Waals surface area contributed by atoms with Gasteiger partial charge in [0.25, 0.3) is 0 Å². The van der Waals surface area contributed by atoms with Crippen LogP contribution in [0.3, 0.4) is 0 Å². The van der Waals surface area contributed by atoms with E-state index in [0.717, 1.165) is 11.8 Å². The number of aliphatic hydroxyl groups is 2. The van der Waals surface area contributed by atoms with Gasteiger partial charge in [-0.3, -0.25) is 67.3 Å². The number of primary amides is 1. The Morgan fingerprint density at radius 3 is 1.47 bits per heavy atom. The SMILES string of the molecule is CC[C@H](C)[C@@H]1NC(=O)[C@H](Cc2ccccc2)NC(=O)CSC[C@@H](C(N)=O)NC(=O)[C@H](C(C)C)NC(=O)[C@H](Cc2c[nH]c3ccccc23)NC(=O)[C@H](CCCCN)NC(=O)[C@H](C(C)C)NC(=O)[C@H](Cc2c[nH]c3ccccc23)NC(=O)[C@H]([C@@H](C)O)NC(=O)[C@H](CCCN=C(N)N)NC(=O)CNC(=O)[C@H](CO)NC1=O. The van der Waals surface area contributed by atoms with Crippen LogP contribution >= 0.6 is 11.8 Å². The van der Waals surface area contributed by atoms with Crippen molar-refractivity contribution in [2.75, 3.05) is 37.7 Å². The molecule has 5 aromatic rings. The molecule has 1 aliphatic rings. The minimum Gasteiger partial charge on any atom is -0.394 e. The maximum Gasteiger partial charge on any atom is 0.245 e. The summed E-state index contributed by atoms with van der Waals surface area (Å²) in [6.07, 6.45) is 1.83. The number of aromatic amines is 2. The maximum absolute atomic E-state index is 15.0. The molecule has 6 rings (SSSR count). The van der Waals surface area contributed by atoms with Crippen LogP contribution in [0.15, 0.2) is 96.2 Å². The summed E-state index contributed by atoms with van der Waals surface area (Å²) in [6, 6.07) is 6.26. The van der Waals surface area contributed by atoms with Gasteiger partial charge in [-0.2, -0.15) is 0 Å². The highest BCUT2D eigenvalue weighted by Gasteiger charge is 2.39. The van der Waals surface area contributed by atoms with Crippen molar-refractivity contribution in [3.63, 3.8) is 0 Å². The zero-order chi connectivity index (χ0) is 79.3. The fourth-order valence-electron chi connectivity index (χ4n) is 12.0. The summed E-state index contributed by atoms with van der Waals surface area (Å²) < 4.78 is 0. The van der Waals surface area contributed by atoms with Gasteiger partial charge in [-0.25, -0.2) is 0 Å². The zero-order valence-electron chi connectivity index (χ0n) is 61.8. The first-order chi connectivity index (χ1) is 51.4. The largest absolute Gasteiger partial charge is 0.394 e. The molecular formula is C73H105N19O15S. The van der Waals surface area contributed by atoms with Crippen molar-refractivity contribution < 1.29 is 72.5 Å². The molecule has 3 heterocycles. The van der Waals surface area contributed by atoms with Gasteiger partial charge in [0, 0.05) is 65.8 Å². The number of aliphatic imine (C=N–C) groups is 1. The van der Waals surface area contributed by atoms with Crippen LogP contribution in [0.2, 0.25) is 0 Å². The van der Waals surface area contributed by atoms with Gasteiger partial charge in [0.1, 0.15) is 66.5 Å². The molecular weight excluding hydrogens is 1410 g/mol. The molecule has 588 valence electrons. The molecule has 13 amide bonds. The number of unbranched alkanes of at least 4 members (excludes halogenated alkanes) is 1. The number of aliphatic hydroxyl groups excluding tert-OH is 2. The molecule has 13 atom stereocenters. The van der Waals surface area contributed by atoms with Crippen LogP contribution < -0.4 is 86.7 Å². The van der Waals surface area contributed by atoms with Crippen LogP contribution in [0.4, 0.5) is 0 Å². The monoisotopic (exact) mass is 1520 g/mol. The Labute approximate surface area is 630 Å². The summed E-state index contributed by atoms with van der Waals surface area (Å²) in [5.74, 6) is -15.1. The molecule has 3 aromatic carbocycles. The average molecular weight is 1520 g/mol. The Morgan fingerprint density at radius 1 is 0.500 bits per heavy atom. The number of carbonyl (C=O) groups is 13. The Morgan fingerprint density at radius 2 is 0.944 bits per heavy atom. The molecule has 35 heteroatoms. The van der Waals surface area contributed by atoms with Gasteiger partial charge in [0.05, 0.1) is 25.0 Å². The molecule has 0 saturated carbocycles. The van der Waals surface area contributed by atoms with E-state index in [4.69, 9.17) is 22.9 Å². The van der Waals surface area contributed by atoms with Crippen LogP contribution in [0.25, 0.3) is 21.8 Å². The van der Waals surface area contributed by atoms with Gasteiger partial charge in [0.2, 0.25) is 76.8 Å². The number of para-hydroxylation sites is 2. The number of benzene rings is 3. The van der Waals surface area contributed by atoms with Crippen molar-refractivity contribution in [1.82, 2.24) is 73.8 Å². The fourth-order valence-corrected chi connectivity index (χ4v) is 12.9. The number of hydrogen-bond donors (Lipinski definition) is 20. The van der Waals surface area contributed by atoms with Crippen LogP contribution in [-0.4, -0.2) is 213 Å². The summed E-state index contributed by atoms with van der Waals surface area (Å²) in [5, 5.41) is 54.5. The zero-order valence-corrected chi connectivity index (χ0v) is 62.6. The van der Waals surface area contributed by atoms with Crippen molar-refractivity contribution in [3.05, 3.63) is 108 Å². The van der Waals surface area contributed by atoms with E-state index in [1.165, 1.54) is 6.92 Å². The molecule has 0 aliphatic carbocycles. The molecule has 0 spiro atoms. The van der Waals surface area contributed by atoms with Gasteiger partial charge in [0.15, 0.2) is 5.96 Å². The number of carbonyl (C=O) groups excluding carboxylic acids is 13. The number of nitrogens with two attached hydrogens (primary N) is 4. The van der Waals surface area contributed by atoms with Gasteiger partial charge in [-0.05, 0) is 92.1 Å². The second-order valence-corrected chi connectivity index (χ2v) is 28.5. The second-order valence-electron chi connectivity index (χ2n) is 27.5. The molecule has 108 heavy (non-hydrogen) atoms. The lowest BCUT2D eigenvalue weighted by Gasteiger charge is -2.30. The number of nitrogens with zero attached hydrogens (tertiary/aromatic N) is 1. The normalized spacial score (nSPS) is 23.9. The quantitative estimate of drug-likeness (QED) is 0.0201. The highest BCUT2D eigenvalue weighted by Crippen LogP contribution is 2.23. The summed E-state index contributed by atoms with van der Waals surface area (Å²) in [4.78, 5) is 197. The molecule has 0 bridgehead atoms. The van der Waals surface area contributed by atoms with E-state index in [1.807, 2.05) is 6.07 Å². The molecule has 34 nitrogen and oxygen atoms in total. The Bertz CT molecular complexity index is 3960. The number of aromatic nitrogens is 2. The van der Waals surface area contributed by atoms with Gasteiger partial charge in [-0.1, -0.05) is 115 Å². The molecule has 24 N–H and O–H groups in total. The fraction of sp³-hybridized carbons (Fsp3) is 0.507. The number of thioether (sulfide) groups is 1. The summed E-state index contributed by atoms with van der Waals surface area (Å²) in [7, 11) is 0. The predicted octanol–water partition coefficient (Wildman–Crippen LogP) is -2.73. The molecule has 0 unspecified atom stereocenters. The number of guanidine groups is 1. The summed E-state index contributed by atoms with van der Waals surface area (Å²) >= 11 is 0.869. The van der Waals surface area contributed by atoms with E-state index >= 15 is 4.79 Å². The molecule has 0 radical (unpaired) electrons. The van der Waals surface area contributed by atoms with Gasteiger partial charge < -0.3 is 107 Å². The van der Waals surface area contributed by atoms with Crippen LogP contribution in [0.5, 0.6) is 0 Å². The average Bonchev–Trinajstić information content (AvgIpc) is 1.63. The van der Waals surface area contributed by atoms with Gasteiger partial charge >= 0.3 is 0 Å². The molecule has 1 fully saturated rings. The first kappa shape index (κ1) is 86.3. The molecule has 1 aliphatic heterocycles. The van der Waals surface area contributed by atoms with Crippen LogP contribution in [0, 0.1) is 17.8 Å². The number of hydrogen-bond acceptors (Lipinski definition) is 18. The number of nitrogens with one attached hydrogen (secondary N) is 14. The van der Waals surface area contributed by atoms with Gasteiger partial charge in [-0.15, -0.1) is 11.8 Å². The number of rotatable bonds is 21. The standard InChI is InChI=1S/C73H105N19O15S/c1-8-40(6)60-71(106)87-54(35-93)63(98)81-34-56(95)82-49(26-18-28-78-73(76)77)65(100)92-61(41(7)94)72(107)86-53(31-44-33-80-48-24-15-13-22-46(44)48)68(103)89-58(38(2)3)69(104)84-50(25-16-17-27-74)64(99)85-52(30-43-32-79-47-23-14-12-21-45(43)47)67(102)90-59(39(4)5)70(105)88-55(62(75)97)36-108-37-57(96)83-51(66(101)91-60)29-42-19-10-9-11-20-42/h9-15,19-24,32-33,38-41,49-55,58-61,79-80,93-94H,8,16-18,25-31,34-37,74H2,1-7H3,(H2,75,97)(H,81,98)(H,82,95)(H,83,96)(H,84,104)(H,85,99)(H,86,107)(H,87,106)(H,88,105)(H,89,103)(H,90,102)(H,91,101)(H,92,100)(H4,76,77,78)/t40-,41+,49-,50-,51-,52-,53-,54-,55-,58-,59-,60-,61-/m0/s1. The lowest BCUT2D eigenvalue weighted by Crippen LogP contribution is -2.62.